The summed E-state index contributed by atoms with van der Waals surface area (Å²) in [6.45, 7) is 6.25. The molecule has 0 unspecified atom stereocenters. The van der Waals surface area contributed by atoms with E-state index < -0.39 is 0 Å². The van der Waals surface area contributed by atoms with Crippen LogP contribution in [0.2, 0.25) is 0 Å². The third kappa shape index (κ3) is 5.33. The fourth-order valence-corrected chi connectivity index (χ4v) is 3.23. The van der Waals surface area contributed by atoms with Gasteiger partial charge >= 0.3 is 0 Å². The lowest BCUT2D eigenvalue weighted by Gasteiger charge is -2.29. The van der Waals surface area contributed by atoms with Crippen molar-refractivity contribution in [1.29, 1.82) is 0 Å². The number of ketones is 1. The number of hydrogen-bond acceptors (Lipinski definition) is 6. The van der Waals surface area contributed by atoms with E-state index in [9.17, 15) is 14.4 Å². The van der Waals surface area contributed by atoms with Gasteiger partial charge in [-0.1, -0.05) is 0 Å². The van der Waals surface area contributed by atoms with Gasteiger partial charge in [-0.25, -0.2) is 0 Å². The summed E-state index contributed by atoms with van der Waals surface area (Å²) in [6, 6.07) is 10.1. The number of hydrogen-bond donors (Lipinski definition) is 1. The van der Waals surface area contributed by atoms with Gasteiger partial charge in [-0.15, -0.1) is 0 Å². The van der Waals surface area contributed by atoms with Gasteiger partial charge in [0.2, 0.25) is 5.91 Å². The van der Waals surface area contributed by atoms with Crippen molar-refractivity contribution in [3.63, 3.8) is 0 Å². The Balaban J connectivity index is 1.69. The molecular weight excluding hydrogens is 400 g/mol. The maximum Gasteiger partial charge on any atom is 0.265 e. The third-order valence-electron chi connectivity index (χ3n) is 4.70. The smallest absolute Gasteiger partial charge is 0.265 e. The molecule has 8 nitrogen and oxygen atoms in total. The zero-order valence-corrected chi connectivity index (χ0v) is 17.9. The van der Waals surface area contributed by atoms with Crippen LogP contribution >= 0.6 is 0 Å². The predicted molar refractivity (Wildman–Crippen MR) is 116 cm³/mol. The summed E-state index contributed by atoms with van der Waals surface area (Å²) in [6.07, 6.45) is 0.0761. The quantitative estimate of drug-likeness (QED) is 0.618. The minimum atomic E-state index is -0.263. The van der Waals surface area contributed by atoms with E-state index in [4.69, 9.17) is 14.2 Å². The van der Waals surface area contributed by atoms with Crippen LogP contribution in [-0.2, 0) is 9.59 Å². The summed E-state index contributed by atoms with van der Waals surface area (Å²) < 4.78 is 16.6. The summed E-state index contributed by atoms with van der Waals surface area (Å²) in [7, 11) is 0. The van der Waals surface area contributed by atoms with Gasteiger partial charge in [-0.05, 0) is 51.1 Å². The standard InChI is InChI=1S/C23H26N2O6/c1-4-29-20-9-7-17(13-21(20)30-5-2)24-22(27)10-11-25-18-12-16(15(3)26)6-8-19(18)31-14-23(25)28/h6-9,12-13H,4-5,10-11,14H2,1-3H3,(H,24,27). The minimum absolute atomic E-state index is 0.0761. The maximum absolute atomic E-state index is 12.5. The van der Waals surface area contributed by atoms with Crippen molar-refractivity contribution in [2.75, 3.05) is 36.6 Å². The normalized spacial score (nSPS) is 12.6. The van der Waals surface area contributed by atoms with Gasteiger partial charge in [0.05, 0.1) is 18.9 Å². The second kappa shape index (κ2) is 9.97. The van der Waals surface area contributed by atoms with Crippen LogP contribution in [0.5, 0.6) is 17.2 Å². The molecular formula is C23H26N2O6. The number of benzene rings is 2. The summed E-state index contributed by atoms with van der Waals surface area (Å²) in [5.41, 5.74) is 1.55. The largest absolute Gasteiger partial charge is 0.490 e. The van der Waals surface area contributed by atoms with Gasteiger partial charge in [0.15, 0.2) is 23.9 Å². The number of Topliss-reactive ketones (excluding diaryl/α,β-unsaturated/α-hetero) is 1. The number of amides is 2. The number of fused-ring (bicyclic) bond motifs is 1. The van der Waals surface area contributed by atoms with E-state index in [1.807, 2.05) is 13.8 Å². The first-order chi connectivity index (χ1) is 14.9. The molecule has 2 aromatic rings. The third-order valence-corrected chi connectivity index (χ3v) is 4.70. The van der Waals surface area contributed by atoms with Gasteiger partial charge in [-0.2, -0.15) is 0 Å². The van der Waals surface area contributed by atoms with Crippen molar-refractivity contribution in [2.24, 2.45) is 0 Å². The molecule has 0 saturated carbocycles. The molecule has 0 saturated heterocycles. The Morgan fingerprint density at radius 3 is 2.52 bits per heavy atom. The monoisotopic (exact) mass is 426 g/mol. The number of ether oxygens (including phenoxy) is 3. The average Bonchev–Trinajstić information content (AvgIpc) is 2.74. The van der Waals surface area contributed by atoms with Crippen LogP contribution in [0.15, 0.2) is 36.4 Å². The Morgan fingerprint density at radius 2 is 1.81 bits per heavy atom. The van der Waals surface area contributed by atoms with Crippen LogP contribution in [-0.4, -0.2) is 44.0 Å². The molecule has 1 N–H and O–H groups in total. The maximum atomic E-state index is 12.5. The molecule has 0 bridgehead atoms. The first kappa shape index (κ1) is 22.1. The Kier molecular flexibility index (Phi) is 7.12. The average molecular weight is 426 g/mol. The van der Waals surface area contributed by atoms with E-state index in [0.29, 0.717) is 47.4 Å². The van der Waals surface area contributed by atoms with Crippen molar-refractivity contribution < 1.29 is 28.6 Å². The molecule has 0 atom stereocenters. The predicted octanol–water partition coefficient (Wildman–Crippen LogP) is 3.44. The van der Waals surface area contributed by atoms with Gasteiger partial charge in [0, 0.05) is 30.3 Å². The molecule has 2 aromatic carbocycles. The van der Waals surface area contributed by atoms with Crippen molar-refractivity contribution in [1.82, 2.24) is 0 Å². The van der Waals surface area contributed by atoms with Gasteiger partial charge in [0.1, 0.15) is 5.75 Å². The fraction of sp³-hybridized carbons (Fsp3) is 0.348. The van der Waals surface area contributed by atoms with E-state index in [2.05, 4.69) is 5.32 Å². The van der Waals surface area contributed by atoms with Gasteiger partial charge in [-0.3, -0.25) is 14.4 Å². The van der Waals surface area contributed by atoms with Crippen molar-refractivity contribution in [2.45, 2.75) is 27.2 Å². The van der Waals surface area contributed by atoms with E-state index in [-0.39, 0.29) is 37.2 Å². The lowest BCUT2D eigenvalue weighted by Crippen LogP contribution is -2.40. The van der Waals surface area contributed by atoms with Crippen LogP contribution in [0.4, 0.5) is 11.4 Å². The van der Waals surface area contributed by atoms with Crippen LogP contribution < -0.4 is 24.4 Å². The first-order valence-electron chi connectivity index (χ1n) is 10.2. The Labute approximate surface area is 181 Å². The molecule has 8 heteroatoms. The van der Waals surface area contributed by atoms with E-state index in [0.717, 1.165) is 0 Å². The highest BCUT2D eigenvalue weighted by molar-refractivity contribution is 6.02. The Hall–Kier alpha value is -3.55. The number of nitrogens with one attached hydrogen (secondary N) is 1. The molecule has 31 heavy (non-hydrogen) atoms. The summed E-state index contributed by atoms with van der Waals surface area (Å²) >= 11 is 0. The lowest BCUT2D eigenvalue weighted by atomic mass is 10.1. The van der Waals surface area contributed by atoms with E-state index in [1.54, 1.807) is 36.4 Å². The van der Waals surface area contributed by atoms with E-state index >= 15 is 0 Å². The second-order valence-electron chi connectivity index (χ2n) is 6.90. The molecule has 0 radical (unpaired) electrons. The van der Waals surface area contributed by atoms with Crippen LogP contribution in [0.25, 0.3) is 0 Å². The molecule has 164 valence electrons. The first-order valence-corrected chi connectivity index (χ1v) is 10.2. The molecule has 0 aromatic heterocycles. The highest BCUT2D eigenvalue weighted by Crippen LogP contribution is 2.33. The zero-order chi connectivity index (χ0) is 22.4. The molecule has 2 amide bonds. The van der Waals surface area contributed by atoms with Crippen molar-refractivity contribution in [3.05, 3.63) is 42.0 Å². The Bertz CT molecular complexity index is 988. The van der Waals surface area contributed by atoms with Crippen molar-refractivity contribution in [3.8, 4) is 17.2 Å². The number of anilines is 2. The van der Waals surface area contributed by atoms with Crippen LogP contribution in [0.1, 0.15) is 37.6 Å². The highest BCUT2D eigenvalue weighted by atomic mass is 16.5. The number of carbonyl (C=O) groups excluding carboxylic acids is 3. The number of rotatable bonds is 9. The molecule has 0 fully saturated rings. The molecule has 0 aliphatic carbocycles. The minimum Gasteiger partial charge on any atom is -0.490 e. The van der Waals surface area contributed by atoms with Crippen molar-refractivity contribution >= 4 is 29.0 Å². The highest BCUT2D eigenvalue weighted by Gasteiger charge is 2.26. The SMILES string of the molecule is CCOc1ccc(NC(=O)CCN2C(=O)COc3ccc(C(C)=O)cc32)cc1OCC. The molecule has 1 heterocycles. The number of nitrogens with zero attached hydrogens (tertiary/aromatic N) is 1. The fourth-order valence-electron chi connectivity index (χ4n) is 3.23. The summed E-state index contributed by atoms with van der Waals surface area (Å²) in [5, 5.41) is 2.82. The number of carbonyl (C=O) groups is 3. The van der Waals surface area contributed by atoms with Gasteiger partial charge < -0.3 is 24.4 Å². The zero-order valence-electron chi connectivity index (χ0n) is 17.9. The molecule has 1 aliphatic heterocycles. The Morgan fingerprint density at radius 1 is 1.06 bits per heavy atom. The van der Waals surface area contributed by atoms with Gasteiger partial charge in [0.25, 0.3) is 5.91 Å². The molecule has 3 rings (SSSR count). The van der Waals surface area contributed by atoms with Crippen LogP contribution in [0.3, 0.4) is 0 Å². The lowest BCUT2D eigenvalue weighted by molar-refractivity contribution is -0.121. The summed E-state index contributed by atoms with van der Waals surface area (Å²) in [5.74, 6) is 1.04. The molecule has 0 spiro atoms. The van der Waals surface area contributed by atoms with Crippen LogP contribution in [0, 0.1) is 0 Å². The molecule has 1 aliphatic rings. The van der Waals surface area contributed by atoms with E-state index in [1.165, 1.54) is 11.8 Å². The topological polar surface area (TPSA) is 94.2 Å². The second-order valence-corrected chi connectivity index (χ2v) is 6.90. The summed E-state index contributed by atoms with van der Waals surface area (Å²) in [4.78, 5) is 38.1.